The molecule has 0 aromatic heterocycles. The van der Waals surface area contributed by atoms with Gasteiger partial charge in [-0.15, -0.1) is 0 Å². The normalized spacial score (nSPS) is 10.7. The van der Waals surface area contributed by atoms with Crippen LogP contribution in [0.25, 0.3) is 0 Å². The molecular formula is C20H40N2O2. The topological polar surface area (TPSA) is 72.2 Å². The van der Waals surface area contributed by atoms with Gasteiger partial charge in [-0.2, -0.15) is 0 Å². The van der Waals surface area contributed by atoms with Gasteiger partial charge in [0.2, 0.25) is 11.8 Å². The first-order valence-electron chi connectivity index (χ1n) is 10.2. The lowest BCUT2D eigenvalue weighted by Crippen LogP contribution is -2.24. The van der Waals surface area contributed by atoms with Crippen molar-refractivity contribution in [2.24, 2.45) is 5.73 Å². The lowest BCUT2D eigenvalue weighted by molar-refractivity contribution is -0.121. The number of carbonyl (C=O) groups excluding carboxylic acids is 2. The maximum Gasteiger partial charge on any atom is 0.219 e. The van der Waals surface area contributed by atoms with Gasteiger partial charge in [-0.1, -0.05) is 77.6 Å². The second-order valence-electron chi connectivity index (χ2n) is 6.91. The summed E-state index contributed by atoms with van der Waals surface area (Å²) < 4.78 is 0. The number of rotatable bonds is 18. The first kappa shape index (κ1) is 22.9. The van der Waals surface area contributed by atoms with E-state index in [1.165, 1.54) is 64.2 Å². The van der Waals surface area contributed by atoms with Gasteiger partial charge >= 0.3 is 0 Å². The number of hydrogen-bond acceptors (Lipinski definition) is 2. The van der Waals surface area contributed by atoms with Gasteiger partial charge in [0.1, 0.15) is 0 Å². The smallest absolute Gasteiger partial charge is 0.219 e. The Bertz CT molecular complexity index is 306. The summed E-state index contributed by atoms with van der Waals surface area (Å²) in [6, 6.07) is 0. The molecule has 0 radical (unpaired) electrons. The van der Waals surface area contributed by atoms with Crippen LogP contribution in [0, 0.1) is 0 Å². The molecule has 0 rings (SSSR count). The Morgan fingerprint density at radius 3 is 1.67 bits per heavy atom. The van der Waals surface area contributed by atoms with Crippen LogP contribution < -0.4 is 11.1 Å². The predicted molar refractivity (Wildman–Crippen MR) is 102 cm³/mol. The minimum atomic E-state index is -0.240. The quantitative estimate of drug-likeness (QED) is 0.350. The molecular weight excluding hydrogens is 300 g/mol. The van der Waals surface area contributed by atoms with Crippen molar-refractivity contribution in [1.29, 1.82) is 0 Å². The largest absolute Gasteiger partial charge is 0.370 e. The molecule has 0 aromatic rings. The monoisotopic (exact) mass is 340 g/mol. The average Bonchev–Trinajstić information content (AvgIpc) is 2.55. The van der Waals surface area contributed by atoms with Crippen molar-refractivity contribution in [2.75, 3.05) is 6.54 Å². The Kier molecular flexibility index (Phi) is 17.5. The van der Waals surface area contributed by atoms with Crippen LogP contribution in [0.4, 0.5) is 0 Å². The Morgan fingerprint density at radius 2 is 1.12 bits per heavy atom. The first-order valence-corrected chi connectivity index (χ1v) is 10.2. The van der Waals surface area contributed by atoms with Crippen molar-refractivity contribution in [2.45, 2.75) is 110 Å². The summed E-state index contributed by atoms with van der Waals surface area (Å²) in [5, 5.41) is 2.95. The van der Waals surface area contributed by atoms with Crippen LogP contribution in [0.1, 0.15) is 110 Å². The SMILES string of the molecule is CCCCCCCCCCCCCC(=O)NCCCCCC(N)=O. The number of unbranched alkanes of at least 4 members (excludes halogenated alkanes) is 12. The van der Waals surface area contributed by atoms with Gasteiger partial charge in [0, 0.05) is 19.4 Å². The van der Waals surface area contributed by atoms with Crippen molar-refractivity contribution in [3.8, 4) is 0 Å². The van der Waals surface area contributed by atoms with Crippen LogP contribution in [-0.2, 0) is 9.59 Å². The van der Waals surface area contributed by atoms with Crippen molar-refractivity contribution >= 4 is 11.8 Å². The fourth-order valence-electron chi connectivity index (χ4n) is 2.87. The highest BCUT2D eigenvalue weighted by Crippen LogP contribution is 2.11. The van der Waals surface area contributed by atoms with Crippen LogP contribution in [0.3, 0.4) is 0 Å². The highest BCUT2D eigenvalue weighted by atomic mass is 16.1. The molecule has 0 aliphatic heterocycles. The maximum atomic E-state index is 11.7. The van der Waals surface area contributed by atoms with E-state index in [2.05, 4.69) is 12.2 Å². The van der Waals surface area contributed by atoms with Crippen molar-refractivity contribution in [3.05, 3.63) is 0 Å². The molecule has 0 saturated carbocycles. The van der Waals surface area contributed by atoms with E-state index in [-0.39, 0.29) is 11.8 Å². The molecule has 4 nitrogen and oxygen atoms in total. The molecule has 0 fully saturated rings. The van der Waals surface area contributed by atoms with E-state index in [0.717, 1.165) is 32.2 Å². The Labute approximate surface area is 149 Å². The molecule has 0 bridgehead atoms. The molecule has 0 aromatic carbocycles. The highest BCUT2D eigenvalue weighted by molar-refractivity contribution is 5.75. The summed E-state index contributed by atoms with van der Waals surface area (Å²) in [5.41, 5.74) is 5.08. The van der Waals surface area contributed by atoms with Crippen molar-refractivity contribution in [3.63, 3.8) is 0 Å². The van der Waals surface area contributed by atoms with Crippen molar-refractivity contribution in [1.82, 2.24) is 5.32 Å². The van der Waals surface area contributed by atoms with Gasteiger partial charge in [0.15, 0.2) is 0 Å². The number of nitrogens with one attached hydrogen (secondary N) is 1. The molecule has 0 aliphatic carbocycles. The van der Waals surface area contributed by atoms with E-state index in [4.69, 9.17) is 5.73 Å². The summed E-state index contributed by atoms with van der Waals surface area (Å²) in [4.78, 5) is 22.2. The Hall–Kier alpha value is -1.06. The Morgan fingerprint density at radius 1 is 0.667 bits per heavy atom. The molecule has 0 unspecified atom stereocenters. The van der Waals surface area contributed by atoms with Gasteiger partial charge in [0.25, 0.3) is 0 Å². The van der Waals surface area contributed by atoms with E-state index in [1.54, 1.807) is 0 Å². The molecule has 0 heterocycles. The van der Waals surface area contributed by atoms with Gasteiger partial charge in [0.05, 0.1) is 0 Å². The molecule has 2 amide bonds. The molecule has 0 aliphatic rings. The van der Waals surface area contributed by atoms with E-state index in [9.17, 15) is 9.59 Å². The van der Waals surface area contributed by atoms with Crippen LogP contribution in [-0.4, -0.2) is 18.4 Å². The van der Waals surface area contributed by atoms with Crippen molar-refractivity contribution < 1.29 is 9.59 Å². The molecule has 4 heteroatoms. The third kappa shape index (κ3) is 19.0. The average molecular weight is 341 g/mol. The van der Waals surface area contributed by atoms with Gasteiger partial charge in [-0.3, -0.25) is 9.59 Å². The van der Waals surface area contributed by atoms with E-state index < -0.39 is 0 Å². The molecule has 142 valence electrons. The Balaban J connectivity index is 3.16. The zero-order valence-corrected chi connectivity index (χ0v) is 15.9. The van der Waals surface area contributed by atoms with E-state index >= 15 is 0 Å². The summed E-state index contributed by atoms with van der Waals surface area (Å²) in [7, 11) is 0. The zero-order chi connectivity index (χ0) is 17.9. The molecule has 24 heavy (non-hydrogen) atoms. The zero-order valence-electron chi connectivity index (χ0n) is 15.9. The van der Waals surface area contributed by atoms with Crippen LogP contribution >= 0.6 is 0 Å². The first-order chi connectivity index (χ1) is 11.7. The minimum Gasteiger partial charge on any atom is -0.370 e. The fourth-order valence-corrected chi connectivity index (χ4v) is 2.87. The summed E-state index contributed by atoms with van der Waals surface area (Å²) in [6.07, 6.45) is 18.2. The number of primary amides is 1. The van der Waals surface area contributed by atoms with E-state index in [0.29, 0.717) is 12.8 Å². The summed E-state index contributed by atoms with van der Waals surface area (Å²) in [6.45, 7) is 2.97. The third-order valence-corrected chi connectivity index (χ3v) is 4.43. The minimum absolute atomic E-state index is 0.167. The molecule has 0 atom stereocenters. The van der Waals surface area contributed by atoms with Crippen LogP contribution in [0.5, 0.6) is 0 Å². The molecule has 0 saturated heterocycles. The maximum absolute atomic E-state index is 11.7. The second-order valence-corrected chi connectivity index (χ2v) is 6.91. The molecule has 3 N–H and O–H groups in total. The van der Waals surface area contributed by atoms with Gasteiger partial charge < -0.3 is 11.1 Å². The number of nitrogens with two attached hydrogens (primary N) is 1. The number of hydrogen-bond donors (Lipinski definition) is 2. The fraction of sp³-hybridized carbons (Fsp3) is 0.900. The molecule has 0 spiro atoms. The van der Waals surface area contributed by atoms with Crippen LogP contribution in [0.15, 0.2) is 0 Å². The number of carbonyl (C=O) groups is 2. The van der Waals surface area contributed by atoms with Gasteiger partial charge in [-0.05, 0) is 19.3 Å². The highest BCUT2D eigenvalue weighted by Gasteiger charge is 2.01. The van der Waals surface area contributed by atoms with Crippen LogP contribution in [0.2, 0.25) is 0 Å². The lowest BCUT2D eigenvalue weighted by Gasteiger charge is -2.05. The summed E-state index contributed by atoms with van der Waals surface area (Å²) in [5.74, 6) is -0.0728. The predicted octanol–water partition coefficient (Wildman–Crippen LogP) is 4.85. The lowest BCUT2D eigenvalue weighted by atomic mass is 10.1. The van der Waals surface area contributed by atoms with E-state index in [1.807, 2.05) is 0 Å². The standard InChI is InChI=1S/C20H40N2O2/c1-2-3-4-5-6-7-8-9-10-11-14-17-20(24)22-18-15-12-13-16-19(21)23/h2-18H2,1H3,(H2,21,23)(H,22,24). The summed E-state index contributed by atoms with van der Waals surface area (Å²) >= 11 is 0. The number of amides is 2. The third-order valence-electron chi connectivity index (χ3n) is 4.43. The van der Waals surface area contributed by atoms with Gasteiger partial charge in [-0.25, -0.2) is 0 Å². The second kappa shape index (κ2) is 18.3.